The van der Waals surface area contributed by atoms with Crippen LogP contribution >= 0.6 is 0 Å². The Bertz CT molecular complexity index is 1030. The molecular formula is C19H19N7O2. The normalized spacial score (nSPS) is 15.6. The summed E-state index contributed by atoms with van der Waals surface area (Å²) < 4.78 is 7.19. The van der Waals surface area contributed by atoms with Crippen LogP contribution in [0.25, 0.3) is 0 Å². The number of nitrogens with one attached hydrogen (secondary N) is 2. The average molecular weight is 377 g/mol. The van der Waals surface area contributed by atoms with Gasteiger partial charge in [0.15, 0.2) is 0 Å². The van der Waals surface area contributed by atoms with E-state index in [0.29, 0.717) is 35.3 Å². The fourth-order valence-corrected chi connectivity index (χ4v) is 3.19. The van der Waals surface area contributed by atoms with Crippen LogP contribution in [-0.2, 0) is 4.79 Å². The van der Waals surface area contributed by atoms with E-state index in [-0.39, 0.29) is 5.91 Å². The van der Waals surface area contributed by atoms with Crippen LogP contribution in [0, 0.1) is 0 Å². The maximum atomic E-state index is 13.3. The SMILES string of the molecule is CCOc1ccccc1NC(=O)C1=C(C)Nc2nnnn2C1c1cccnc1. The smallest absolute Gasteiger partial charge is 0.255 e. The molecule has 0 fully saturated rings. The molecule has 2 aromatic heterocycles. The predicted octanol–water partition coefficient (Wildman–Crippen LogP) is 2.39. The van der Waals surface area contributed by atoms with Gasteiger partial charge < -0.3 is 15.4 Å². The van der Waals surface area contributed by atoms with Crippen LogP contribution in [0.3, 0.4) is 0 Å². The standard InChI is InChI=1S/C19H19N7O2/c1-3-28-15-9-5-4-8-14(15)22-18(27)16-12(2)21-19-23-24-25-26(19)17(16)13-7-6-10-20-11-13/h4-11,17H,3H2,1-2H3,(H,22,27)(H,21,23,25). The van der Waals surface area contributed by atoms with Crippen LogP contribution in [-0.4, -0.2) is 37.7 Å². The molecular weight excluding hydrogens is 358 g/mol. The Morgan fingerprint density at radius 3 is 2.93 bits per heavy atom. The summed E-state index contributed by atoms with van der Waals surface area (Å²) in [7, 11) is 0. The summed E-state index contributed by atoms with van der Waals surface area (Å²) in [6, 6.07) is 10.5. The van der Waals surface area contributed by atoms with Crippen LogP contribution in [0.1, 0.15) is 25.5 Å². The lowest BCUT2D eigenvalue weighted by molar-refractivity contribution is -0.113. The number of hydrogen-bond donors (Lipinski definition) is 2. The lowest BCUT2D eigenvalue weighted by Crippen LogP contribution is -2.31. The molecule has 1 amide bonds. The third kappa shape index (κ3) is 3.18. The summed E-state index contributed by atoms with van der Waals surface area (Å²) in [5, 5.41) is 17.8. The van der Waals surface area contributed by atoms with E-state index in [9.17, 15) is 4.79 Å². The van der Waals surface area contributed by atoms with Gasteiger partial charge in [0.1, 0.15) is 11.8 Å². The number of fused-ring (bicyclic) bond motifs is 1. The molecule has 28 heavy (non-hydrogen) atoms. The minimum absolute atomic E-state index is 0.271. The first-order valence-corrected chi connectivity index (χ1v) is 8.87. The lowest BCUT2D eigenvalue weighted by atomic mass is 9.96. The van der Waals surface area contributed by atoms with Crippen molar-refractivity contribution in [2.75, 3.05) is 17.2 Å². The number of amides is 1. The number of para-hydroxylation sites is 2. The first-order chi connectivity index (χ1) is 13.7. The van der Waals surface area contributed by atoms with Crippen molar-refractivity contribution in [2.24, 2.45) is 0 Å². The molecule has 1 aliphatic heterocycles. The largest absolute Gasteiger partial charge is 0.492 e. The number of anilines is 2. The molecule has 0 saturated heterocycles. The van der Waals surface area contributed by atoms with Crippen molar-refractivity contribution in [3.63, 3.8) is 0 Å². The highest BCUT2D eigenvalue weighted by molar-refractivity contribution is 6.06. The number of carbonyl (C=O) groups excluding carboxylic acids is 1. The van der Waals surface area contributed by atoms with Gasteiger partial charge in [0, 0.05) is 18.1 Å². The summed E-state index contributed by atoms with van der Waals surface area (Å²) in [6.07, 6.45) is 3.38. The molecule has 0 radical (unpaired) electrons. The average Bonchev–Trinajstić information content (AvgIpc) is 3.17. The maximum absolute atomic E-state index is 13.3. The third-order valence-corrected chi connectivity index (χ3v) is 4.39. The second kappa shape index (κ2) is 7.47. The lowest BCUT2D eigenvalue weighted by Gasteiger charge is -2.27. The fraction of sp³-hybridized carbons (Fsp3) is 0.211. The van der Waals surface area contributed by atoms with Gasteiger partial charge in [0.25, 0.3) is 5.91 Å². The zero-order valence-corrected chi connectivity index (χ0v) is 15.5. The molecule has 1 aromatic carbocycles. The van der Waals surface area contributed by atoms with Crippen molar-refractivity contribution in [1.29, 1.82) is 0 Å². The number of rotatable bonds is 5. The fourth-order valence-electron chi connectivity index (χ4n) is 3.19. The van der Waals surface area contributed by atoms with Crippen LogP contribution in [0.4, 0.5) is 11.6 Å². The molecule has 3 heterocycles. The Balaban J connectivity index is 1.73. The van der Waals surface area contributed by atoms with Crippen LogP contribution in [0.5, 0.6) is 5.75 Å². The molecule has 9 heteroatoms. The van der Waals surface area contributed by atoms with Gasteiger partial charge >= 0.3 is 0 Å². The van der Waals surface area contributed by atoms with Gasteiger partial charge in [-0.2, -0.15) is 4.68 Å². The molecule has 1 unspecified atom stereocenters. The third-order valence-electron chi connectivity index (χ3n) is 4.39. The number of benzene rings is 1. The van der Waals surface area contributed by atoms with Crippen LogP contribution in [0.2, 0.25) is 0 Å². The Morgan fingerprint density at radius 1 is 1.29 bits per heavy atom. The Labute approximate surface area is 161 Å². The summed E-state index contributed by atoms with van der Waals surface area (Å²) in [5.41, 5.74) is 2.57. The minimum Gasteiger partial charge on any atom is -0.492 e. The molecule has 2 N–H and O–H groups in total. The molecule has 0 spiro atoms. The summed E-state index contributed by atoms with van der Waals surface area (Å²) in [6.45, 7) is 4.22. The van der Waals surface area contributed by atoms with E-state index in [4.69, 9.17) is 4.74 Å². The van der Waals surface area contributed by atoms with E-state index in [1.165, 1.54) is 0 Å². The number of nitrogens with zero attached hydrogens (tertiary/aromatic N) is 5. The number of carbonyl (C=O) groups is 1. The van der Waals surface area contributed by atoms with Gasteiger partial charge in [-0.1, -0.05) is 23.3 Å². The topological polar surface area (TPSA) is 107 Å². The summed E-state index contributed by atoms with van der Waals surface area (Å²) >= 11 is 0. The first kappa shape index (κ1) is 17.7. The second-order valence-corrected chi connectivity index (χ2v) is 6.18. The molecule has 3 aromatic rings. The highest BCUT2D eigenvalue weighted by Crippen LogP contribution is 2.35. The Morgan fingerprint density at radius 2 is 2.14 bits per heavy atom. The van der Waals surface area contributed by atoms with Crippen molar-refractivity contribution >= 4 is 17.5 Å². The first-order valence-electron chi connectivity index (χ1n) is 8.87. The van der Waals surface area contributed by atoms with Crippen molar-refractivity contribution in [3.8, 4) is 5.75 Å². The molecule has 142 valence electrons. The molecule has 0 saturated carbocycles. The highest BCUT2D eigenvalue weighted by Gasteiger charge is 2.34. The summed E-state index contributed by atoms with van der Waals surface area (Å²) in [4.78, 5) is 17.5. The van der Waals surface area contributed by atoms with Crippen molar-refractivity contribution in [2.45, 2.75) is 19.9 Å². The van der Waals surface area contributed by atoms with Gasteiger partial charge in [-0.15, -0.1) is 0 Å². The maximum Gasteiger partial charge on any atom is 0.255 e. The molecule has 9 nitrogen and oxygen atoms in total. The van der Waals surface area contributed by atoms with Gasteiger partial charge in [0.05, 0.1) is 17.9 Å². The van der Waals surface area contributed by atoms with Gasteiger partial charge in [-0.25, -0.2) is 0 Å². The van der Waals surface area contributed by atoms with E-state index in [1.807, 2.05) is 44.2 Å². The van der Waals surface area contributed by atoms with Gasteiger partial charge in [-0.3, -0.25) is 9.78 Å². The van der Waals surface area contributed by atoms with Crippen LogP contribution in [0.15, 0.2) is 60.1 Å². The van der Waals surface area contributed by atoms with Crippen molar-refractivity contribution in [3.05, 3.63) is 65.6 Å². The number of hydrogen-bond acceptors (Lipinski definition) is 7. The van der Waals surface area contributed by atoms with E-state index < -0.39 is 6.04 Å². The molecule has 0 bridgehead atoms. The summed E-state index contributed by atoms with van der Waals surface area (Å²) in [5.74, 6) is 0.811. The zero-order chi connectivity index (χ0) is 19.5. The van der Waals surface area contributed by atoms with E-state index >= 15 is 0 Å². The van der Waals surface area contributed by atoms with E-state index in [2.05, 4.69) is 31.1 Å². The monoisotopic (exact) mass is 377 g/mol. The molecule has 4 rings (SSSR count). The number of ether oxygens (including phenoxy) is 1. The van der Waals surface area contributed by atoms with E-state index in [0.717, 1.165) is 5.56 Å². The minimum atomic E-state index is -0.501. The zero-order valence-electron chi connectivity index (χ0n) is 15.5. The molecule has 1 atom stereocenters. The van der Waals surface area contributed by atoms with E-state index in [1.54, 1.807) is 23.1 Å². The number of pyridine rings is 1. The molecule has 1 aliphatic rings. The predicted molar refractivity (Wildman–Crippen MR) is 103 cm³/mol. The van der Waals surface area contributed by atoms with Crippen molar-refractivity contribution < 1.29 is 9.53 Å². The quantitative estimate of drug-likeness (QED) is 0.703. The van der Waals surface area contributed by atoms with Crippen LogP contribution < -0.4 is 15.4 Å². The van der Waals surface area contributed by atoms with Crippen molar-refractivity contribution in [1.82, 2.24) is 25.2 Å². The number of tetrazole rings is 1. The number of allylic oxidation sites excluding steroid dienone is 1. The Hall–Kier alpha value is -3.75. The highest BCUT2D eigenvalue weighted by atomic mass is 16.5. The number of aromatic nitrogens is 5. The molecule has 0 aliphatic carbocycles. The Kier molecular flexibility index (Phi) is 4.71. The van der Waals surface area contributed by atoms with Gasteiger partial charge in [-0.05, 0) is 48.0 Å². The van der Waals surface area contributed by atoms with Gasteiger partial charge in [0.2, 0.25) is 5.95 Å². The second-order valence-electron chi connectivity index (χ2n) is 6.18.